The van der Waals surface area contributed by atoms with E-state index in [4.69, 9.17) is 4.42 Å². The molecule has 0 aliphatic carbocycles. The second-order valence-electron chi connectivity index (χ2n) is 6.28. The van der Waals surface area contributed by atoms with Gasteiger partial charge in [0.15, 0.2) is 5.76 Å². The van der Waals surface area contributed by atoms with Gasteiger partial charge in [-0.25, -0.2) is 4.98 Å². The third kappa shape index (κ3) is 3.46. The van der Waals surface area contributed by atoms with E-state index in [0.717, 1.165) is 28.3 Å². The molecule has 1 N–H and O–H groups in total. The van der Waals surface area contributed by atoms with Crippen molar-refractivity contribution in [1.82, 2.24) is 9.55 Å². The highest BCUT2D eigenvalue weighted by molar-refractivity contribution is 5.76. The first-order chi connectivity index (χ1) is 12.8. The number of hydrogen-bond donors (Lipinski definition) is 1. The molecular formula is C22H20N2O2. The normalized spacial score (nSPS) is 12.2. The summed E-state index contributed by atoms with van der Waals surface area (Å²) in [5, 5.41) is 10.6. The molecule has 0 radical (unpaired) electrons. The zero-order valence-electron chi connectivity index (χ0n) is 14.3. The van der Waals surface area contributed by atoms with E-state index in [2.05, 4.69) is 4.98 Å². The van der Waals surface area contributed by atoms with Gasteiger partial charge in [-0.05, 0) is 17.7 Å². The van der Waals surface area contributed by atoms with Gasteiger partial charge in [0.1, 0.15) is 5.69 Å². The molecule has 4 aromatic rings. The second kappa shape index (κ2) is 7.42. The molecule has 0 fully saturated rings. The topological polar surface area (TPSA) is 51.2 Å². The van der Waals surface area contributed by atoms with Crippen molar-refractivity contribution in [1.29, 1.82) is 0 Å². The standard InChI is InChI=1S/C22H20N2O2/c25-19(14-17-8-3-1-4-9-17)15-24-16-23-21(18-10-5-2-6-11-18)22(24)20-12-7-13-26-20/h1-13,16,19,25H,14-15H2/t19-/m0/s1. The van der Waals surface area contributed by atoms with Gasteiger partial charge in [0.05, 0.1) is 30.9 Å². The van der Waals surface area contributed by atoms with Crippen molar-refractivity contribution in [2.75, 3.05) is 0 Å². The van der Waals surface area contributed by atoms with Gasteiger partial charge in [-0.15, -0.1) is 0 Å². The average Bonchev–Trinajstić information content (AvgIpc) is 3.32. The molecule has 26 heavy (non-hydrogen) atoms. The van der Waals surface area contributed by atoms with Crippen LogP contribution in [0.4, 0.5) is 0 Å². The van der Waals surface area contributed by atoms with Gasteiger partial charge in [0, 0.05) is 12.0 Å². The summed E-state index contributed by atoms with van der Waals surface area (Å²) in [5.74, 6) is 0.744. The van der Waals surface area contributed by atoms with Crippen molar-refractivity contribution in [2.45, 2.75) is 19.1 Å². The van der Waals surface area contributed by atoms with E-state index in [1.165, 1.54) is 0 Å². The first-order valence-corrected chi connectivity index (χ1v) is 8.67. The summed E-state index contributed by atoms with van der Waals surface area (Å²) in [6.45, 7) is 0.449. The maximum atomic E-state index is 10.6. The van der Waals surface area contributed by atoms with Crippen LogP contribution in [-0.4, -0.2) is 20.8 Å². The molecule has 2 aromatic carbocycles. The second-order valence-corrected chi connectivity index (χ2v) is 6.28. The number of benzene rings is 2. The Morgan fingerprint density at radius 2 is 1.65 bits per heavy atom. The number of imidazole rings is 1. The number of nitrogens with zero attached hydrogens (tertiary/aromatic N) is 2. The summed E-state index contributed by atoms with van der Waals surface area (Å²) >= 11 is 0. The highest BCUT2D eigenvalue weighted by Crippen LogP contribution is 2.31. The van der Waals surface area contributed by atoms with Crippen LogP contribution in [0.5, 0.6) is 0 Å². The lowest BCUT2D eigenvalue weighted by Crippen LogP contribution is -2.18. The van der Waals surface area contributed by atoms with E-state index in [9.17, 15) is 5.11 Å². The molecular weight excluding hydrogens is 324 g/mol. The Balaban J connectivity index is 1.65. The molecule has 4 heteroatoms. The van der Waals surface area contributed by atoms with E-state index >= 15 is 0 Å². The third-order valence-electron chi connectivity index (χ3n) is 4.36. The Labute approximate surface area is 152 Å². The smallest absolute Gasteiger partial charge is 0.152 e. The predicted molar refractivity (Wildman–Crippen MR) is 102 cm³/mol. The van der Waals surface area contributed by atoms with Crippen molar-refractivity contribution < 1.29 is 9.52 Å². The van der Waals surface area contributed by atoms with Gasteiger partial charge in [0.2, 0.25) is 0 Å². The molecule has 0 bridgehead atoms. The molecule has 0 unspecified atom stereocenters. The van der Waals surface area contributed by atoms with Gasteiger partial charge in [0.25, 0.3) is 0 Å². The monoisotopic (exact) mass is 344 g/mol. The summed E-state index contributed by atoms with van der Waals surface area (Å²) in [6.07, 6.45) is 3.51. The molecule has 130 valence electrons. The maximum absolute atomic E-state index is 10.6. The van der Waals surface area contributed by atoms with Crippen LogP contribution in [0, 0.1) is 0 Å². The summed E-state index contributed by atoms with van der Waals surface area (Å²) in [5.41, 5.74) is 3.87. The fourth-order valence-corrected chi connectivity index (χ4v) is 3.18. The molecule has 0 amide bonds. The Hall–Kier alpha value is -3.11. The zero-order valence-corrected chi connectivity index (χ0v) is 14.3. The summed E-state index contributed by atoms with van der Waals surface area (Å²) < 4.78 is 7.61. The molecule has 0 aliphatic rings. The van der Waals surface area contributed by atoms with Crippen LogP contribution in [0.3, 0.4) is 0 Å². The molecule has 1 atom stereocenters. The largest absolute Gasteiger partial charge is 0.463 e. The van der Waals surface area contributed by atoms with Crippen LogP contribution in [-0.2, 0) is 13.0 Å². The lowest BCUT2D eigenvalue weighted by atomic mass is 10.1. The van der Waals surface area contributed by atoms with Crippen LogP contribution < -0.4 is 0 Å². The Kier molecular flexibility index (Phi) is 4.67. The van der Waals surface area contributed by atoms with Gasteiger partial charge in [-0.1, -0.05) is 60.7 Å². The molecule has 0 saturated carbocycles. The minimum absolute atomic E-state index is 0.449. The van der Waals surface area contributed by atoms with Gasteiger partial charge >= 0.3 is 0 Å². The van der Waals surface area contributed by atoms with Crippen molar-refractivity contribution in [2.24, 2.45) is 0 Å². The predicted octanol–water partition coefficient (Wildman–Crippen LogP) is 4.41. The van der Waals surface area contributed by atoms with E-state index in [1.807, 2.05) is 77.4 Å². The van der Waals surface area contributed by atoms with Crippen molar-refractivity contribution in [3.05, 3.63) is 91.0 Å². The first-order valence-electron chi connectivity index (χ1n) is 8.67. The first kappa shape index (κ1) is 16.4. The Bertz CT molecular complexity index is 945. The van der Waals surface area contributed by atoms with Crippen LogP contribution >= 0.6 is 0 Å². The highest BCUT2D eigenvalue weighted by atomic mass is 16.3. The van der Waals surface area contributed by atoms with E-state index < -0.39 is 6.10 Å². The van der Waals surface area contributed by atoms with E-state index in [0.29, 0.717) is 13.0 Å². The van der Waals surface area contributed by atoms with Gasteiger partial charge in [-0.3, -0.25) is 0 Å². The molecule has 4 nitrogen and oxygen atoms in total. The number of furan rings is 1. The van der Waals surface area contributed by atoms with Crippen LogP contribution in [0.1, 0.15) is 5.56 Å². The fraction of sp³-hybridized carbons (Fsp3) is 0.136. The van der Waals surface area contributed by atoms with Gasteiger partial charge in [-0.2, -0.15) is 0 Å². The van der Waals surface area contributed by atoms with Crippen molar-refractivity contribution in [3.8, 4) is 22.7 Å². The number of rotatable bonds is 6. The Morgan fingerprint density at radius 3 is 2.35 bits per heavy atom. The fourth-order valence-electron chi connectivity index (χ4n) is 3.18. The lowest BCUT2D eigenvalue weighted by molar-refractivity contribution is 0.154. The average molecular weight is 344 g/mol. The van der Waals surface area contributed by atoms with Gasteiger partial charge < -0.3 is 14.1 Å². The lowest BCUT2D eigenvalue weighted by Gasteiger charge is -2.14. The Morgan fingerprint density at radius 1 is 0.923 bits per heavy atom. The summed E-state index contributed by atoms with van der Waals surface area (Å²) in [6, 6.07) is 23.8. The number of aliphatic hydroxyl groups excluding tert-OH is 1. The highest BCUT2D eigenvalue weighted by Gasteiger charge is 2.19. The number of aromatic nitrogens is 2. The minimum Gasteiger partial charge on any atom is -0.463 e. The van der Waals surface area contributed by atoms with Crippen LogP contribution in [0.25, 0.3) is 22.7 Å². The molecule has 2 heterocycles. The minimum atomic E-state index is -0.510. The number of aliphatic hydroxyl groups is 1. The molecule has 4 rings (SSSR count). The van der Waals surface area contributed by atoms with E-state index in [1.54, 1.807) is 12.6 Å². The maximum Gasteiger partial charge on any atom is 0.152 e. The number of hydrogen-bond acceptors (Lipinski definition) is 3. The molecule has 0 spiro atoms. The SMILES string of the molecule is O[C@@H](Cc1ccccc1)Cn1cnc(-c2ccccc2)c1-c1ccco1. The van der Waals surface area contributed by atoms with E-state index in [-0.39, 0.29) is 0 Å². The summed E-state index contributed by atoms with van der Waals surface area (Å²) in [7, 11) is 0. The third-order valence-corrected chi connectivity index (χ3v) is 4.36. The van der Waals surface area contributed by atoms with Crippen molar-refractivity contribution >= 4 is 0 Å². The van der Waals surface area contributed by atoms with Crippen molar-refractivity contribution in [3.63, 3.8) is 0 Å². The molecule has 0 saturated heterocycles. The zero-order chi connectivity index (χ0) is 17.8. The summed E-state index contributed by atoms with van der Waals surface area (Å²) in [4.78, 5) is 4.59. The van der Waals surface area contributed by atoms with Crippen LogP contribution in [0.15, 0.2) is 89.8 Å². The molecule has 0 aliphatic heterocycles. The van der Waals surface area contributed by atoms with Crippen LogP contribution in [0.2, 0.25) is 0 Å². The quantitative estimate of drug-likeness (QED) is 0.563. The molecule has 2 aromatic heterocycles.